The van der Waals surface area contributed by atoms with Crippen LogP contribution < -0.4 is 4.74 Å². The minimum absolute atomic E-state index is 0.0305. The van der Waals surface area contributed by atoms with E-state index in [1.807, 2.05) is 73.7 Å². The van der Waals surface area contributed by atoms with Gasteiger partial charge in [0.1, 0.15) is 17.6 Å². The van der Waals surface area contributed by atoms with Gasteiger partial charge in [0.05, 0.1) is 11.6 Å². The molecule has 2 aliphatic rings. The summed E-state index contributed by atoms with van der Waals surface area (Å²) in [6, 6.07) is 22.7. The molecule has 3 aromatic rings. The van der Waals surface area contributed by atoms with Gasteiger partial charge in [0.25, 0.3) is 11.7 Å². The summed E-state index contributed by atoms with van der Waals surface area (Å²) in [7, 11) is 0. The van der Waals surface area contributed by atoms with Crippen molar-refractivity contribution in [1.82, 2.24) is 4.90 Å². The Balaban J connectivity index is 1.58. The molecule has 2 heterocycles. The summed E-state index contributed by atoms with van der Waals surface area (Å²) < 4.78 is 5.80. The predicted octanol–water partition coefficient (Wildman–Crippen LogP) is 5.97. The van der Waals surface area contributed by atoms with Crippen molar-refractivity contribution in [3.8, 4) is 5.75 Å². The lowest BCUT2D eigenvalue weighted by Crippen LogP contribution is -2.31. The van der Waals surface area contributed by atoms with Gasteiger partial charge in [-0.15, -0.1) is 0 Å². The summed E-state index contributed by atoms with van der Waals surface area (Å²) >= 11 is 0. The van der Waals surface area contributed by atoms with Crippen molar-refractivity contribution >= 4 is 17.4 Å². The number of likely N-dealkylation sites (tertiary alicyclic amines) is 1. The Bertz CT molecular complexity index is 1370. The summed E-state index contributed by atoms with van der Waals surface area (Å²) in [6.45, 7) is 8.80. The smallest absolute Gasteiger partial charge is 0.295 e. The zero-order valence-corrected chi connectivity index (χ0v) is 21.8. The maximum atomic E-state index is 13.4. The molecule has 1 saturated heterocycles. The highest BCUT2D eigenvalue weighted by atomic mass is 16.5. The van der Waals surface area contributed by atoms with Crippen LogP contribution in [-0.4, -0.2) is 34.3 Å². The number of nitrogens with zero attached hydrogens (tertiary/aromatic N) is 1. The molecule has 3 aromatic carbocycles. The van der Waals surface area contributed by atoms with Crippen LogP contribution in [0.1, 0.15) is 61.6 Å². The van der Waals surface area contributed by atoms with E-state index in [1.165, 1.54) is 0 Å². The summed E-state index contributed by atoms with van der Waals surface area (Å²) in [4.78, 5) is 28.3. The molecule has 0 spiro atoms. The Morgan fingerprint density at radius 1 is 1.00 bits per heavy atom. The molecule has 37 heavy (non-hydrogen) atoms. The molecule has 0 aliphatic carbocycles. The Morgan fingerprint density at radius 3 is 2.38 bits per heavy atom. The highest BCUT2D eigenvalue weighted by Crippen LogP contribution is 2.41. The third-order valence-electron chi connectivity index (χ3n) is 7.29. The summed E-state index contributed by atoms with van der Waals surface area (Å²) in [6.07, 6.45) is 1.41. The number of rotatable bonds is 5. The number of aliphatic hydroxyl groups is 1. The molecule has 190 valence electrons. The van der Waals surface area contributed by atoms with E-state index in [-0.39, 0.29) is 22.9 Å². The lowest BCUT2D eigenvalue weighted by molar-refractivity contribution is -0.139. The first-order valence-corrected chi connectivity index (χ1v) is 12.9. The zero-order valence-electron chi connectivity index (χ0n) is 21.8. The van der Waals surface area contributed by atoms with Crippen molar-refractivity contribution in [2.24, 2.45) is 0 Å². The molecule has 1 N–H and O–H groups in total. The Morgan fingerprint density at radius 2 is 1.70 bits per heavy atom. The number of aliphatic hydroxyl groups excluding tert-OH is 1. The van der Waals surface area contributed by atoms with Crippen LogP contribution in [0.15, 0.2) is 78.4 Å². The number of fused-ring (bicyclic) bond motifs is 1. The van der Waals surface area contributed by atoms with Crippen LogP contribution in [0.5, 0.6) is 5.75 Å². The van der Waals surface area contributed by atoms with Crippen LogP contribution in [-0.2, 0) is 27.8 Å². The van der Waals surface area contributed by atoms with E-state index in [4.69, 9.17) is 4.74 Å². The van der Waals surface area contributed by atoms with Crippen LogP contribution in [0.3, 0.4) is 0 Å². The van der Waals surface area contributed by atoms with Crippen LogP contribution >= 0.6 is 0 Å². The molecular weight excluding hydrogens is 462 g/mol. The quantitative estimate of drug-likeness (QED) is 0.269. The third kappa shape index (κ3) is 4.78. The lowest BCUT2D eigenvalue weighted by atomic mass is 9.85. The SMILES string of the molecule is CC1Cc2cc(C(O)=C3C(=O)C(=O)N(CCc4ccccc4)C3c3ccc(C(C)(C)C)cc3)ccc2O1. The predicted molar refractivity (Wildman–Crippen MR) is 145 cm³/mol. The number of ketones is 1. The van der Waals surface area contributed by atoms with Gasteiger partial charge in [-0.1, -0.05) is 75.4 Å². The van der Waals surface area contributed by atoms with E-state index in [0.717, 1.165) is 34.4 Å². The Kier molecular flexibility index (Phi) is 6.40. The van der Waals surface area contributed by atoms with E-state index in [0.29, 0.717) is 18.5 Å². The third-order valence-corrected chi connectivity index (χ3v) is 7.29. The van der Waals surface area contributed by atoms with Gasteiger partial charge in [-0.25, -0.2) is 0 Å². The average Bonchev–Trinajstić information content (AvgIpc) is 3.37. The highest BCUT2D eigenvalue weighted by Gasteiger charge is 2.46. The molecule has 5 nitrogen and oxygen atoms in total. The molecule has 1 amide bonds. The summed E-state index contributed by atoms with van der Waals surface area (Å²) in [5, 5.41) is 11.5. The van der Waals surface area contributed by atoms with Crippen LogP contribution in [0.2, 0.25) is 0 Å². The lowest BCUT2D eigenvalue weighted by Gasteiger charge is -2.26. The van der Waals surface area contributed by atoms with Gasteiger partial charge in [-0.05, 0) is 59.2 Å². The second kappa shape index (κ2) is 9.55. The fourth-order valence-corrected chi connectivity index (χ4v) is 5.24. The van der Waals surface area contributed by atoms with Gasteiger partial charge < -0.3 is 14.7 Å². The highest BCUT2D eigenvalue weighted by molar-refractivity contribution is 6.46. The van der Waals surface area contributed by atoms with Crippen molar-refractivity contribution in [3.63, 3.8) is 0 Å². The summed E-state index contributed by atoms with van der Waals surface area (Å²) in [5.41, 5.74) is 4.66. The van der Waals surface area contributed by atoms with Gasteiger partial charge >= 0.3 is 0 Å². The van der Waals surface area contributed by atoms with Gasteiger partial charge in [0.15, 0.2) is 0 Å². The first-order chi connectivity index (χ1) is 17.6. The molecule has 0 aromatic heterocycles. The molecule has 0 radical (unpaired) electrons. The van der Waals surface area contributed by atoms with E-state index in [1.54, 1.807) is 11.0 Å². The fraction of sp³-hybridized carbons (Fsp3) is 0.312. The Labute approximate surface area is 218 Å². The normalized spacial score (nSPS) is 20.7. The first kappa shape index (κ1) is 24.8. The van der Waals surface area contributed by atoms with Crippen LogP contribution in [0.25, 0.3) is 5.76 Å². The number of carbonyl (C=O) groups excluding carboxylic acids is 2. The number of ether oxygens (including phenoxy) is 1. The number of carbonyl (C=O) groups is 2. The Hall–Kier alpha value is -3.86. The number of Topliss-reactive ketones (excluding diaryl/α,β-unsaturated/α-hetero) is 1. The standard InChI is InChI=1S/C32H33NO4/c1-20-18-24-19-23(12-15-26(24)37-20)29(34)27-28(22-10-13-25(14-11-22)32(2,3)4)33(31(36)30(27)35)17-16-21-8-6-5-7-9-21/h5-15,19-20,28,34H,16-18H2,1-4H3. The number of hydrogen-bond acceptors (Lipinski definition) is 4. The minimum Gasteiger partial charge on any atom is -0.507 e. The second-order valence-corrected chi connectivity index (χ2v) is 11.1. The average molecular weight is 496 g/mol. The topological polar surface area (TPSA) is 66.8 Å². The minimum atomic E-state index is -0.666. The second-order valence-electron chi connectivity index (χ2n) is 11.1. The number of amides is 1. The van der Waals surface area contributed by atoms with Crippen molar-refractivity contribution in [2.45, 2.75) is 58.1 Å². The molecule has 5 rings (SSSR count). The van der Waals surface area contributed by atoms with Crippen molar-refractivity contribution in [3.05, 3.63) is 106 Å². The monoisotopic (exact) mass is 495 g/mol. The van der Waals surface area contributed by atoms with E-state index in [9.17, 15) is 14.7 Å². The van der Waals surface area contributed by atoms with Gasteiger partial charge in [-0.3, -0.25) is 9.59 Å². The largest absolute Gasteiger partial charge is 0.507 e. The maximum absolute atomic E-state index is 13.4. The molecular formula is C32H33NO4. The molecule has 2 atom stereocenters. The molecule has 2 unspecified atom stereocenters. The van der Waals surface area contributed by atoms with Crippen molar-refractivity contribution in [1.29, 1.82) is 0 Å². The molecule has 0 saturated carbocycles. The van der Waals surface area contributed by atoms with Gasteiger partial charge in [-0.2, -0.15) is 0 Å². The molecule has 1 fully saturated rings. The van der Waals surface area contributed by atoms with E-state index < -0.39 is 17.7 Å². The van der Waals surface area contributed by atoms with Gasteiger partial charge in [0.2, 0.25) is 0 Å². The van der Waals surface area contributed by atoms with Crippen molar-refractivity contribution < 1.29 is 19.4 Å². The zero-order chi connectivity index (χ0) is 26.3. The number of hydrogen-bond donors (Lipinski definition) is 1. The van der Waals surface area contributed by atoms with E-state index in [2.05, 4.69) is 20.8 Å². The van der Waals surface area contributed by atoms with Crippen molar-refractivity contribution in [2.75, 3.05) is 6.54 Å². The fourth-order valence-electron chi connectivity index (χ4n) is 5.24. The number of benzene rings is 3. The first-order valence-electron chi connectivity index (χ1n) is 12.9. The van der Waals surface area contributed by atoms with Crippen LogP contribution in [0, 0.1) is 0 Å². The molecule has 2 aliphatic heterocycles. The molecule has 0 bridgehead atoms. The van der Waals surface area contributed by atoms with Gasteiger partial charge in [0, 0.05) is 18.5 Å². The van der Waals surface area contributed by atoms with Crippen LogP contribution in [0.4, 0.5) is 0 Å². The summed E-state index contributed by atoms with van der Waals surface area (Å²) in [5.74, 6) is -0.587. The molecule has 5 heteroatoms. The van der Waals surface area contributed by atoms with E-state index >= 15 is 0 Å². The maximum Gasteiger partial charge on any atom is 0.295 e.